The summed E-state index contributed by atoms with van der Waals surface area (Å²) in [5.74, 6) is -1.63. The number of hydrogen-bond donors (Lipinski definition) is 3. The number of hydrogen-bond acceptors (Lipinski definition) is 3. The zero-order chi connectivity index (χ0) is 10.2. The average molecular weight is 215 g/mol. The van der Waals surface area contributed by atoms with Gasteiger partial charge in [0.15, 0.2) is 16.7 Å². The van der Waals surface area contributed by atoms with Crippen LogP contribution in [0, 0.1) is 0 Å². The summed E-state index contributed by atoms with van der Waals surface area (Å²) in [4.78, 5) is 0.894. The number of aromatic nitrogens is 1. The van der Waals surface area contributed by atoms with Crippen LogP contribution in [0.4, 0.5) is 13.2 Å². The van der Waals surface area contributed by atoms with Crippen molar-refractivity contribution in [2.75, 3.05) is 0 Å². The van der Waals surface area contributed by atoms with Gasteiger partial charge in [-0.05, 0) is 0 Å². The lowest BCUT2D eigenvalue weighted by Crippen LogP contribution is -2.15. The minimum atomic E-state index is -4.95. The molecule has 3 N–H and O–H groups in total. The Morgan fingerprint density at radius 2 is 1.92 bits per heavy atom. The topological polar surface area (TPSA) is 73.3 Å². The third kappa shape index (κ3) is 1.94. The molecule has 0 aliphatic carbocycles. The second-order valence-electron chi connectivity index (χ2n) is 2.08. The predicted octanol–water partition coefficient (Wildman–Crippen LogP) is 1.05. The number of H-pyrrole nitrogens is 1. The molecule has 0 aliphatic rings. The summed E-state index contributed by atoms with van der Waals surface area (Å²) in [6.45, 7) is 0. The van der Waals surface area contributed by atoms with Crippen molar-refractivity contribution in [3.63, 3.8) is 0 Å². The molecule has 4 nitrogen and oxygen atoms in total. The number of nitrogens with one attached hydrogen (secondary N) is 1. The molecular formula is C5H4F3NO3S. The van der Waals surface area contributed by atoms with Crippen molar-refractivity contribution < 1.29 is 27.6 Å². The molecule has 1 aromatic heterocycles. The number of rotatable bonds is 1. The van der Waals surface area contributed by atoms with E-state index in [1.54, 1.807) is 4.98 Å². The molecule has 0 bridgehead atoms. The van der Waals surface area contributed by atoms with Crippen LogP contribution in [-0.4, -0.2) is 24.9 Å². The fourth-order valence-corrected chi connectivity index (χ4v) is 1.37. The Balaban J connectivity index is 3.09. The zero-order valence-corrected chi connectivity index (χ0v) is 6.74. The summed E-state index contributed by atoms with van der Waals surface area (Å²) >= 11 is 0. The van der Waals surface area contributed by atoms with Crippen molar-refractivity contribution >= 4 is 10.8 Å². The van der Waals surface area contributed by atoms with Crippen LogP contribution in [0.1, 0.15) is 0 Å². The minimum Gasteiger partial charge on any atom is -0.494 e. The van der Waals surface area contributed by atoms with Crippen molar-refractivity contribution in [1.29, 1.82) is 0 Å². The lowest BCUT2D eigenvalue weighted by Gasteiger charge is -2.03. The van der Waals surface area contributed by atoms with Gasteiger partial charge in [-0.2, -0.15) is 13.2 Å². The van der Waals surface area contributed by atoms with Crippen molar-refractivity contribution in [3.8, 4) is 11.8 Å². The van der Waals surface area contributed by atoms with E-state index in [0.717, 1.165) is 0 Å². The second kappa shape index (κ2) is 2.95. The van der Waals surface area contributed by atoms with Crippen LogP contribution in [0.5, 0.6) is 11.8 Å². The van der Waals surface area contributed by atoms with E-state index in [0.29, 0.717) is 6.07 Å². The van der Waals surface area contributed by atoms with Gasteiger partial charge in [0.25, 0.3) is 0 Å². The molecule has 8 heteroatoms. The van der Waals surface area contributed by atoms with E-state index in [9.17, 15) is 17.4 Å². The average Bonchev–Trinajstić information content (AvgIpc) is 2.26. The molecule has 1 heterocycles. The van der Waals surface area contributed by atoms with Gasteiger partial charge in [0, 0.05) is 6.07 Å². The van der Waals surface area contributed by atoms with Crippen LogP contribution >= 0.6 is 0 Å². The van der Waals surface area contributed by atoms with Gasteiger partial charge in [0.2, 0.25) is 5.88 Å². The van der Waals surface area contributed by atoms with Crippen molar-refractivity contribution in [2.24, 2.45) is 0 Å². The lowest BCUT2D eigenvalue weighted by molar-refractivity contribution is -0.0385. The largest absolute Gasteiger partial charge is 0.494 e. The number of alkyl halides is 3. The number of aromatic amines is 1. The normalized spacial score (nSPS) is 14.4. The molecule has 1 aromatic rings. The highest BCUT2D eigenvalue weighted by atomic mass is 32.2. The third-order valence-electron chi connectivity index (χ3n) is 1.16. The van der Waals surface area contributed by atoms with Crippen LogP contribution < -0.4 is 0 Å². The first kappa shape index (κ1) is 9.90. The summed E-state index contributed by atoms with van der Waals surface area (Å²) in [6, 6.07) is 0.554. The molecule has 74 valence electrons. The fraction of sp³-hybridized carbons (Fsp3) is 0.200. The van der Waals surface area contributed by atoms with E-state index in [1.807, 2.05) is 0 Å². The Hall–Kier alpha value is -1.18. The maximum Gasteiger partial charge on any atom is 0.476 e. The highest BCUT2D eigenvalue weighted by Crippen LogP contribution is 2.33. The highest BCUT2D eigenvalue weighted by molar-refractivity contribution is 7.86. The molecule has 0 radical (unpaired) electrons. The molecule has 0 aromatic carbocycles. The predicted molar refractivity (Wildman–Crippen MR) is 36.6 cm³/mol. The van der Waals surface area contributed by atoms with Crippen LogP contribution in [0.3, 0.4) is 0 Å². The molecule has 0 saturated heterocycles. The van der Waals surface area contributed by atoms with Crippen LogP contribution in [0.2, 0.25) is 0 Å². The van der Waals surface area contributed by atoms with Gasteiger partial charge in [-0.15, -0.1) is 0 Å². The lowest BCUT2D eigenvalue weighted by atomic mass is 10.6. The van der Waals surface area contributed by atoms with E-state index in [-0.39, 0.29) is 0 Å². The Labute approximate surface area is 72.5 Å². The van der Waals surface area contributed by atoms with E-state index in [2.05, 4.69) is 0 Å². The minimum absolute atomic E-state index is 0.554. The van der Waals surface area contributed by atoms with E-state index >= 15 is 0 Å². The monoisotopic (exact) mass is 215 g/mol. The highest BCUT2D eigenvalue weighted by Gasteiger charge is 2.40. The van der Waals surface area contributed by atoms with Crippen LogP contribution in [0.15, 0.2) is 11.0 Å². The molecule has 0 saturated carbocycles. The molecule has 0 aliphatic heterocycles. The van der Waals surface area contributed by atoms with Gasteiger partial charge in [-0.3, -0.25) is 4.98 Å². The van der Waals surface area contributed by atoms with Crippen LogP contribution in [0.25, 0.3) is 0 Å². The molecule has 0 amide bonds. The summed E-state index contributed by atoms with van der Waals surface area (Å²) in [5, 5.41) is 17.4. The second-order valence-corrected chi connectivity index (χ2v) is 3.52. The van der Waals surface area contributed by atoms with Gasteiger partial charge in [-0.25, -0.2) is 4.21 Å². The smallest absolute Gasteiger partial charge is 0.476 e. The van der Waals surface area contributed by atoms with Gasteiger partial charge < -0.3 is 10.2 Å². The van der Waals surface area contributed by atoms with Gasteiger partial charge in [0.1, 0.15) is 4.90 Å². The molecule has 1 rings (SSSR count). The van der Waals surface area contributed by atoms with Gasteiger partial charge in [-0.1, -0.05) is 0 Å². The fourth-order valence-electron chi connectivity index (χ4n) is 0.678. The van der Waals surface area contributed by atoms with Crippen molar-refractivity contribution in [2.45, 2.75) is 10.4 Å². The first-order chi connectivity index (χ1) is 5.82. The first-order valence-corrected chi connectivity index (χ1v) is 4.07. The molecule has 0 spiro atoms. The van der Waals surface area contributed by atoms with Crippen molar-refractivity contribution in [1.82, 2.24) is 4.98 Å². The number of halogens is 3. The van der Waals surface area contributed by atoms with E-state index in [4.69, 9.17) is 10.2 Å². The third-order valence-corrected chi connectivity index (χ3v) is 2.29. The first-order valence-electron chi connectivity index (χ1n) is 2.92. The summed E-state index contributed by atoms with van der Waals surface area (Å²) in [7, 11) is -3.33. The number of aromatic hydroxyl groups is 2. The van der Waals surface area contributed by atoms with Crippen LogP contribution in [-0.2, 0) is 10.8 Å². The Bertz CT molecular complexity index is 345. The summed E-state index contributed by atoms with van der Waals surface area (Å²) in [6.07, 6.45) is 0. The van der Waals surface area contributed by atoms with Gasteiger partial charge >= 0.3 is 5.51 Å². The molecular weight excluding hydrogens is 211 g/mol. The Kier molecular flexibility index (Phi) is 2.24. The Morgan fingerprint density at radius 3 is 2.23 bits per heavy atom. The van der Waals surface area contributed by atoms with E-state index in [1.165, 1.54) is 0 Å². The molecule has 1 atom stereocenters. The quantitative estimate of drug-likeness (QED) is 0.655. The zero-order valence-electron chi connectivity index (χ0n) is 5.92. The van der Waals surface area contributed by atoms with Crippen molar-refractivity contribution in [3.05, 3.63) is 6.07 Å². The maximum absolute atomic E-state index is 11.8. The maximum atomic E-state index is 11.8. The van der Waals surface area contributed by atoms with Gasteiger partial charge in [0.05, 0.1) is 0 Å². The van der Waals surface area contributed by atoms with E-state index < -0.39 is 33.0 Å². The SMILES string of the molecule is O=S(c1cc(O)[nH]c1O)C(F)(F)F. The summed E-state index contributed by atoms with van der Waals surface area (Å²) in [5.41, 5.74) is -4.95. The molecule has 0 fully saturated rings. The molecule has 1 unspecified atom stereocenters. The molecule has 13 heavy (non-hydrogen) atoms. The Morgan fingerprint density at radius 1 is 1.38 bits per heavy atom. The standard InChI is InChI=1S/C5H4F3NO3S/c6-5(7,8)13(12)2-1-3(10)9-4(2)11/h1,9-11H. The summed E-state index contributed by atoms with van der Waals surface area (Å²) < 4.78 is 46.0.